The summed E-state index contributed by atoms with van der Waals surface area (Å²) in [6.07, 6.45) is 0. The van der Waals surface area contributed by atoms with E-state index in [1.165, 1.54) is 5.56 Å². The number of aromatic nitrogens is 2. The maximum Gasteiger partial charge on any atom is 0.276 e. The van der Waals surface area contributed by atoms with Crippen molar-refractivity contribution in [2.75, 3.05) is 10.7 Å². The van der Waals surface area contributed by atoms with Crippen LogP contribution in [0.15, 0.2) is 36.4 Å². The van der Waals surface area contributed by atoms with Crippen molar-refractivity contribution in [1.29, 1.82) is 0 Å². The molecule has 0 unspecified atom stereocenters. The van der Waals surface area contributed by atoms with Crippen LogP contribution in [-0.2, 0) is 5.41 Å². The van der Waals surface area contributed by atoms with Gasteiger partial charge in [0.05, 0.1) is 0 Å². The number of nitrogen functional groups attached to an aromatic ring is 1. The first-order chi connectivity index (χ1) is 9.90. The highest BCUT2D eigenvalue weighted by molar-refractivity contribution is 6.02. The molecule has 6 heteroatoms. The molecule has 0 bridgehead atoms. The van der Waals surface area contributed by atoms with Crippen LogP contribution in [0.3, 0.4) is 0 Å². The number of hydrazine groups is 1. The molecular weight excluding hydrogens is 266 g/mol. The third-order valence-electron chi connectivity index (χ3n) is 3.05. The number of carbonyl (C=O) groups is 1. The molecule has 0 saturated carbocycles. The van der Waals surface area contributed by atoms with E-state index in [1.807, 2.05) is 24.3 Å². The summed E-state index contributed by atoms with van der Waals surface area (Å²) in [5.41, 5.74) is 4.60. The van der Waals surface area contributed by atoms with Gasteiger partial charge < -0.3 is 10.7 Å². The molecule has 1 aromatic heterocycles. The maximum absolute atomic E-state index is 12.0. The van der Waals surface area contributed by atoms with Crippen LogP contribution in [0.1, 0.15) is 36.8 Å². The van der Waals surface area contributed by atoms with Gasteiger partial charge in [-0.1, -0.05) is 32.9 Å². The Balaban J connectivity index is 2.08. The van der Waals surface area contributed by atoms with Crippen LogP contribution in [0.2, 0.25) is 0 Å². The maximum atomic E-state index is 12.0. The highest BCUT2D eigenvalue weighted by Crippen LogP contribution is 2.23. The summed E-state index contributed by atoms with van der Waals surface area (Å²) in [6, 6.07) is 10.9. The zero-order valence-corrected chi connectivity index (χ0v) is 12.3. The predicted molar refractivity (Wildman–Crippen MR) is 82.9 cm³/mol. The van der Waals surface area contributed by atoms with Crippen LogP contribution in [0, 0.1) is 0 Å². The Labute approximate surface area is 123 Å². The van der Waals surface area contributed by atoms with E-state index >= 15 is 0 Å². The molecule has 21 heavy (non-hydrogen) atoms. The first-order valence-corrected chi connectivity index (χ1v) is 6.62. The van der Waals surface area contributed by atoms with Gasteiger partial charge in [-0.2, -0.15) is 0 Å². The first kappa shape index (κ1) is 14.9. The summed E-state index contributed by atoms with van der Waals surface area (Å²) >= 11 is 0. The van der Waals surface area contributed by atoms with Gasteiger partial charge in [0, 0.05) is 5.69 Å². The molecule has 0 aliphatic carbocycles. The van der Waals surface area contributed by atoms with Gasteiger partial charge >= 0.3 is 0 Å². The Morgan fingerprint density at radius 3 is 2.19 bits per heavy atom. The molecule has 0 aliphatic heterocycles. The lowest BCUT2D eigenvalue weighted by Gasteiger charge is -2.19. The third-order valence-corrected chi connectivity index (χ3v) is 3.05. The molecule has 1 aromatic carbocycles. The first-order valence-electron chi connectivity index (χ1n) is 6.62. The van der Waals surface area contributed by atoms with E-state index in [-0.39, 0.29) is 17.0 Å². The molecule has 2 rings (SSSR count). The number of hydrogen-bond donors (Lipinski definition) is 3. The number of carbonyl (C=O) groups excluding carboxylic acids is 1. The van der Waals surface area contributed by atoms with E-state index in [2.05, 4.69) is 41.7 Å². The average molecular weight is 285 g/mol. The van der Waals surface area contributed by atoms with Gasteiger partial charge in [0.1, 0.15) is 0 Å². The van der Waals surface area contributed by atoms with Gasteiger partial charge in [-0.15, -0.1) is 10.2 Å². The summed E-state index contributed by atoms with van der Waals surface area (Å²) in [4.78, 5) is 12.0. The van der Waals surface area contributed by atoms with Crippen LogP contribution in [0.4, 0.5) is 11.5 Å². The topological polar surface area (TPSA) is 92.9 Å². The third kappa shape index (κ3) is 3.76. The summed E-state index contributed by atoms with van der Waals surface area (Å²) in [6.45, 7) is 6.43. The van der Waals surface area contributed by atoms with E-state index < -0.39 is 0 Å². The van der Waals surface area contributed by atoms with E-state index in [0.717, 1.165) is 5.69 Å². The van der Waals surface area contributed by atoms with Crippen molar-refractivity contribution in [2.45, 2.75) is 26.2 Å². The number of rotatable bonds is 3. The van der Waals surface area contributed by atoms with Crippen LogP contribution < -0.4 is 16.6 Å². The monoisotopic (exact) mass is 285 g/mol. The van der Waals surface area contributed by atoms with Crippen molar-refractivity contribution < 1.29 is 4.79 Å². The van der Waals surface area contributed by atoms with Gasteiger partial charge in [-0.3, -0.25) is 4.79 Å². The van der Waals surface area contributed by atoms with E-state index in [9.17, 15) is 4.79 Å². The Morgan fingerprint density at radius 1 is 1.05 bits per heavy atom. The van der Waals surface area contributed by atoms with E-state index in [4.69, 9.17) is 5.84 Å². The lowest BCUT2D eigenvalue weighted by atomic mass is 9.87. The van der Waals surface area contributed by atoms with Gasteiger partial charge in [0.25, 0.3) is 5.91 Å². The number of benzene rings is 1. The lowest BCUT2D eigenvalue weighted by molar-refractivity contribution is 0.102. The van der Waals surface area contributed by atoms with Crippen LogP contribution in [-0.4, -0.2) is 16.1 Å². The second kappa shape index (κ2) is 5.88. The normalized spacial score (nSPS) is 11.0. The minimum atomic E-state index is -0.311. The fourth-order valence-electron chi connectivity index (χ4n) is 1.78. The summed E-state index contributed by atoms with van der Waals surface area (Å²) < 4.78 is 0. The smallest absolute Gasteiger partial charge is 0.276 e. The van der Waals surface area contributed by atoms with Crippen LogP contribution in [0.5, 0.6) is 0 Å². The SMILES string of the molecule is CC(C)(C)c1ccc(NC(=O)c2ccc(NN)nn2)cc1. The Bertz CT molecular complexity index is 614. The minimum Gasteiger partial charge on any atom is -0.321 e. The molecule has 6 nitrogen and oxygen atoms in total. The summed E-state index contributed by atoms with van der Waals surface area (Å²) in [5.74, 6) is 5.29. The highest BCUT2D eigenvalue weighted by atomic mass is 16.1. The van der Waals surface area contributed by atoms with Gasteiger partial charge in [-0.05, 0) is 35.2 Å². The van der Waals surface area contributed by atoms with Crippen molar-refractivity contribution in [1.82, 2.24) is 10.2 Å². The summed E-state index contributed by atoms with van der Waals surface area (Å²) in [7, 11) is 0. The van der Waals surface area contributed by atoms with Crippen molar-refractivity contribution in [2.24, 2.45) is 5.84 Å². The molecule has 110 valence electrons. The van der Waals surface area contributed by atoms with Crippen molar-refractivity contribution in [3.8, 4) is 0 Å². The molecule has 0 fully saturated rings. The molecule has 2 aromatic rings. The van der Waals surface area contributed by atoms with Crippen LogP contribution >= 0.6 is 0 Å². The number of anilines is 2. The highest BCUT2D eigenvalue weighted by Gasteiger charge is 2.14. The van der Waals surface area contributed by atoms with Gasteiger partial charge in [-0.25, -0.2) is 5.84 Å². The van der Waals surface area contributed by atoms with Gasteiger partial charge in [0.2, 0.25) is 0 Å². The molecule has 0 aliphatic rings. The molecule has 0 atom stereocenters. The molecule has 4 N–H and O–H groups in total. The number of nitrogens with one attached hydrogen (secondary N) is 2. The quantitative estimate of drug-likeness (QED) is 0.594. The fourth-order valence-corrected chi connectivity index (χ4v) is 1.78. The number of nitrogens with zero attached hydrogens (tertiary/aromatic N) is 2. The van der Waals surface area contributed by atoms with Crippen molar-refractivity contribution in [3.05, 3.63) is 47.7 Å². The Morgan fingerprint density at radius 2 is 1.71 bits per heavy atom. The lowest BCUT2D eigenvalue weighted by Crippen LogP contribution is -2.16. The molecule has 1 heterocycles. The Kier molecular flexibility index (Phi) is 4.18. The van der Waals surface area contributed by atoms with Crippen LogP contribution in [0.25, 0.3) is 0 Å². The molecule has 1 amide bonds. The minimum absolute atomic E-state index is 0.0824. The second-order valence-corrected chi connectivity index (χ2v) is 5.73. The van der Waals surface area contributed by atoms with Crippen molar-refractivity contribution >= 4 is 17.4 Å². The summed E-state index contributed by atoms with van der Waals surface area (Å²) in [5, 5.41) is 10.3. The number of nitrogens with two attached hydrogens (primary N) is 1. The van der Waals surface area contributed by atoms with Crippen molar-refractivity contribution in [3.63, 3.8) is 0 Å². The average Bonchev–Trinajstić information content (AvgIpc) is 2.47. The molecular formula is C15H19N5O. The van der Waals surface area contributed by atoms with E-state index in [0.29, 0.717) is 5.82 Å². The van der Waals surface area contributed by atoms with E-state index in [1.54, 1.807) is 12.1 Å². The molecule has 0 saturated heterocycles. The molecule has 0 radical (unpaired) electrons. The largest absolute Gasteiger partial charge is 0.321 e. The van der Waals surface area contributed by atoms with Gasteiger partial charge in [0.15, 0.2) is 11.5 Å². The molecule has 0 spiro atoms. The fraction of sp³-hybridized carbons (Fsp3) is 0.267. The zero-order chi connectivity index (χ0) is 15.5. The number of hydrogen-bond acceptors (Lipinski definition) is 5. The Hall–Kier alpha value is -2.47. The number of amides is 1. The zero-order valence-electron chi connectivity index (χ0n) is 12.3. The predicted octanol–water partition coefficient (Wildman–Crippen LogP) is 2.31. The standard InChI is InChI=1S/C15H19N5O/c1-15(2,3)10-4-6-11(7-5-10)17-14(21)12-8-9-13(18-16)20-19-12/h4-9H,16H2,1-3H3,(H,17,21)(H,18,20). The second-order valence-electron chi connectivity index (χ2n) is 5.73.